The first-order valence-corrected chi connectivity index (χ1v) is 11.1. The summed E-state index contributed by atoms with van der Waals surface area (Å²) < 4.78 is 10.6. The number of hydrogen-bond acceptors (Lipinski definition) is 7. The zero-order chi connectivity index (χ0) is 22.7. The van der Waals surface area contributed by atoms with Gasteiger partial charge in [0.25, 0.3) is 5.91 Å². The van der Waals surface area contributed by atoms with Gasteiger partial charge in [0, 0.05) is 16.5 Å². The molecule has 0 saturated heterocycles. The minimum Gasteiger partial charge on any atom is -0.494 e. The van der Waals surface area contributed by atoms with E-state index in [9.17, 15) is 9.59 Å². The summed E-state index contributed by atoms with van der Waals surface area (Å²) in [4.78, 5) is 32.8. The number of anilines is 2. The Morgan fingerprint density at radius 3 is 2.56 bits per heavy atom. The number of thiophene rings is 1. The third kappa shape index (κ3) is 4.22. The zero-order valence-electron chi connectivity index (χ0n) is 17.8. The molecule has 2 aromatic carbocycles. The molecule has 8 heteroatoms. The molecule has 4 aromatic rings. The van der Waals surface area contributed by atoms with Gasteiger partial charge in [-0.3, -0.25) is 14.5 Å². The van der Waals surface area contributed by atoms with E-state index >= 15 is 0 Å². The van der Waals surface area contributed by atoms with Crippen molar-refractivity contribution in [2.45, 2.75) is 13.8 Å². The van der Waals surface area contributed by atoms with Crippen LogP contribution in [-0.4, -0.2) is 36.6 Å². The summed E-state index contributed by atoms with van der Waals surface area (Å²) in [6.45, 7) is 4.24. The van der Waals surface area contributed by atoms with Crippen LogP contribution in [0, 0.1) is 0 Å². The van der Waals surface area contributed by atoms with Crippen LogP contribution >= 0.6 is 11.3 Å². The average Bonchev–Trinajstić information content (AvgIpc) is 3.12. The number of hydrogen-bond donors (Lipinski definition) is 1. The highest BCUT2D eigenvalue weighted by Gasteiger charge is 2.26. The Labute approximate surface area is 189 Å². The SMILES string of the molecule is CCOC(=O)CN(C(=O)c1sc2nc3ccc(OCC)cc3cc2c1N)c1ccccc1. The lowest BCUT2D eigenvalue weighted by atomic mass is 10.1. The Hall–Kier alpha value is -3.65. The topological polar surface area (TPSA) is 94.8 Å². The molecular formula is C24H23N3O4S. The number of benzene rings is 2. The number of nitrogen functional groups attached to an aromatic ring is 1. The van der Waals surface area contributed by atoms with Crippen molar-refractivity contribution in [1.82, 2.24) is 4.98 Å². The summed E-state index contributed by atoms with van der Waals surface area (Å²) in [5.41, 5.74) is 8.12. The number of esters is 1. The summed E-state index contributed by atoms with van der Waals surface area (Å²) in [6.07, 6.45) is 0. The minimum atomic E-state index is -0.489. The van der Waals surface area contributed by atoms with Gasteiger partial charge in [-0.15, -0.1) is 11.3 Å². The highest BCUT2D eigenvalue weighted by molar-refractivity contribution is 7.21. The molecule has 0 radical (unpaired) electrons. The van der Waals surface area contributed by atoms with Gasteiger partial charge >= 0.3 is 5.97 Å². The largest absolute Gasteiger partial charge is 0.494 e. The third-order valence-corrected chi connectivity index (χ3v) is 6.00. The van der Waals surface area contributed by atoms with Crippen LogP contribution in [0.1, 0.15) is 23.5 Å². The number of carbonyl (C=O) groups excluding carboxylic acids is 2. The highest BCUT2D eigenvalue weighted by Crippen LogP contribution is 2.36. The number of nitrogens with zero attached hydrogens (tertiary/aromatic N) is 2. The first-order valence-electron chi connectivity index (χ1n) is 10.3. The van der Waals surface area contributed by atoms with Crippen molar-refractivity contribution in [3.05, 3.63) is 59.5 Å². The van der Waals surface area contributed by atoms with Crippen molar-refractivity contribution in [3.8, 4) is 5.75 Å². The minimum absolute atomic E-state index is 0.211. The molecule has 0 saturated carbocycles. The quantitative estimate of drug-likeness (QED) is 0.413. The van der Waals surface area contributed by atoms with Crippen LogP contribution in [-0.2, 0) is 9.53 Å². The summed E-state index contributed by atoms with van der Waals surface area (Å²) in [6, 6.07) is 16.6. The zero-order valence-corrected chi connectivity index (χ0v) is 18.6. The first-order chi connectivity index (χ1) is 15.5. The fraction of sp³-hybridized carbons (Fsp3) is 0.208. The molecule has 1 amide bonds. The van der Waals surface area contributed by atoms with Crippen molar-refractivity contribution in [3.63, 3.8) is 0 Å². The van der Waals surface area contributed by atoms with Crippen molar-refractivity contribution in [2.24, 2.45) is 0 Å². The monoisotopic (exact) mass is 449 g/mol. The molecule has 2 N–H and O–H groups in total. The molecule has 0 atom stereocenters. The van der Waals surface area contributed by atoms with Gasteiger partial charge in [0.05, 0.1) is 24.4 Å². The van der Waals surface area contributed by atoms with E-state index < -0.39 is 5.97 Å². The van der Waals surface area contributed by atoms with E-state index in [0.29, 0.717) is 33.1 Å². The van der Waals surface area contributed by atoms with Gasteiger partial charge < -0.3 is 15.2 Å². The lowest BCUT2D eigenvalue weighted by Gasteiger charge is -2.21. The van der Waals surface area contributed by atoms with E-state index in [2.05, 4.69) is 4.98 Å². The number of para-hydroxylation sites is 1. The molecule has 164 valence electrons. The molecule has 4 rings (SSSR count). The molecule has 0 aliphatic rings. The van der Waals surface area contributed by atoms with Crippen LogP contribution in [0.4, 0.5) is 11.4 Å². The number of amides is 1. The average molecular weight is 450 g/mol. The van der Waals surface area contributed by atoms with Gasteiger partial charge in [-0.25, -0.2) is 4.98 Å². The molecule has 0 spiro atoms. The van der Waals surface area contributed by atoms with Gasteiger partial charge in [0.2, 0.25) is 0 Å². The van der Waals surface area contributed by atoms with Crippen LogP contribution in [0.3, 0.4) is 0 Å². The Balaban J connectivity index is 1.77. The van der Waals surface area contributed by atoms with Crippen LogP contribution in [0.15, 0.2) is 54.6 Å². The van der Waals surface area contributed by atoms with E-state index in [0.717, 1.165) is 16.7 Å². The van der Waals surface area contributed by atoms with E-state index in [-0.39, 0.29) is 19.1 Å². The maximum atomic E-state index is 13.5. The molecule has 7 nitrogen and oxygen atoms in total. The fourth-order valence-electron chi connectivity index (χ4n) is 3.44. The van der Waals surface area contributed by atoms with E-state index in [1.807, 2.05) is 37.3 Å². The van der Waals surface area contributed by atoms with Crippen LogP contribution < -0.4 is 15.4 Å². The predicted molar refractivity (Wildman–Crippen MR) is 127 cm³/mol. The number of ether oxygens (including phenoxy) is 2. The van der Waals surface area contributed by atoms with Crippen molar-refractivity contribution in [2.75, 3.05) is 30.4 Å². The van der Waals surface area contributed by atoms with E-state index in [1.165, 1.54) is 16.2 Å². The van der Waals surface area contributed by atoms with Gasteiger partial charge in [-0.2, -0.15) is 0 Å². The van der Waals surface area contributed by atoms with Gasteiger partial charge in [-0.1, -0.05) is 18.2 Å². The Morgan fingerprint density at radius 2 is 1.84 bits per heavy atom. The molecular weight excluding hydrogens is 426 g/mol. The van der Waals surface area contributed by atoms with E-state index in [1.54, 1.807) is 31.2 Å². The molecule has 0 aliphatic carbocycles. The second-order valence-electron chi connectivity index (χ2n) is 7.01. The predicted octanol–water partition coefficient (Wildman–Crippen LogP) is 4.64. The smallest absolute Gasteiger partial charge is 0.326 e. The molecule has 2 heterocycles. The molecule has 0 bridgehead atoms. The van der Waals surface area contributed by atoms with Crippen molar-refractivity contribution < 1.29 is 19.1 Å². The second-order valence-corrected chi connectivity index (χ2v) is 8.00. The lowest BCUT2D eigenvalue weighted by molar-refractivity contribution is -0.141. The summed E-state index contributed by atoms with van der Waals surface area (Å²) >= 11 is 1.21. The fourth-order valence-corrected chi connectivity index (χ4v) is 4.48. The van der Waals surface area contributed by atoms with Crippen molar-refractivity contribution >= 4 is 55.7 Å². The van der Waals surface area contributed by atoms with Crippen LogP contribution in [0.25, 0.3) is 21.1 Å². The normalized spacial score (nSPS) is 10.9. The standard InChI is InChI=1S/C24H23N3O4S/c1-3-30-17-10-11-19-15(12-17)13-18-21(25)22(32-23(18)26-19)24(29)27(14-20(28)31-4-2)16-8-6-5-7-9-16/h5-13H,3-4,14,25H2,1-2H3. The molecule has 32 heavy (non-hydrogen) atoms. The van der Waals surface area contributed by atoms with Gasteiger partial charge in [0.1, 0.15) is 22.0 Å². The number of fused-ring (bicyclic) bond motifs is 2. The number of aromatic nitrogens is 1. The van der Waals surface area contributed by atoms with Crippen LogP contribution in [0.2, 0.25) is 0 Å². The highest BCUT2D eigenvalue weighted by atomic mass is 32.1. The molecule has 0 unspecified atom stereocenters. The number of rotatable bonds is 7. The molecule has 0 aliphatic heterocycles. The van der Waals surface area contributed by atoms with Crippen LogP contribution in [0.5, 0.6) is 5.75 Å². The first kappa shape index (κ1) is 21.6. The summed E-state index contributed by atoms with van der Waals surface area (Å²) in [7, 11) is 0. The maximum Gasteiger partial charge on any atom is 0.326 e. The number of nitrogens with two attached hydrogens (primary N) is 1. The Kier molecular flexibility index (Phi) is 6.23. The Bertz CT molecular complexity index is 1290. The second kappa shape index (κ2) is 9.23. The Morgan fingerprint density at radius 1 is 1.06 bits per heavy atom. The molecule has 2 aromatic heterocycles. The van der Waals surface area contributed by atoms with E-state index in [4.69, 9.17) is 15.2 Å². The summed E-state index contributed by atoms with van der Waals surface area (Å²) in [5.74, 6) is -0.114. The van der Waals surface area contributed by atoms with Gasteiger partial charge in [-0.05, 0) is 50.2 Å². The van der Waals surface area contributed by atoms with Gasteiger partial charge in [0.15, 0.2) is 0 Å². The molecule has 0 fully saturated rings. The van der Waals surface area contributed by atoms with Crippen molar-refractivity contribution in [1.29, 1.82) is 0 Å². The number of carbonyl (C=O) groups is 2. The summed E-state index contributed by atoms with van der Waals surface area (Å²) in [5, 5.41) is 1.57. The lowest BCUT2D eigenvalue weighted by Crippen LogP contribution is -2.36. The maximum absolute atomic E-state index is 13.5. The third-order valence-electron chi connectivity index (χ3n) is 4.90. The number of pyridine rings is 1.